The van der Waals surface area contributed by atoms with Crippen LogP contribution in [0.25, 0.3) is 0 Å². The second-order valence-electron chi connectivity index (χ2n) is 2.19. The molecule has 0 atom stereocenters. The van der Waals surface area contributed by atoms with Crippen LogP contribution in [0.4, 0.5) is 9.18 Å². The molecule has 58 valence electrons. The fourth-order valence-corrected chi connectivity index (χ4v) is 0.667. The Kier molecular flexibility index (Phi) is 1.76. The normalized spacial score (nSPS) is 21.0. The zero-order chi connectivity index (χ0) is 7.61. The van der Waals surface area contributed by atoms with Gasteiger partial charge < -0.3 is 10.1 Å². The number of halogens is 1. The molecule has 1 heterocycles. The van der Waals surface area contributed by atoms with Gasteiger partial charge in [-0.2, -0.15) is 0 Å². The molecule has 0 saturated carbocycles. The van der Waals surface area contributed by atoms with Gasteiger partial charge >= 0.3 is 6.09 Å². The minimum Gasteiger partial charge on any atom is -0.453 e. The second kappa shape index (κ2) is 2.42. The van der Waals surface area contributed by atoms with E-state index >= 15 is 0 Å². The van der Waals surface area contributed by atoms with Gasteiger partial charge in [0.05, 0.1) is 20.2 Å². The van der Waals surface area contributed by atoms with Crippen molar-refractivity contribution in [1.82, 2.24) is 10.6 Å². The first-order valence-electron chi connectivity index (χ1n) is 2.92. The lowest BCUT2D eigenvalue weighted by Gasteiger charge is -2.34. The highest BCUT2D eigenvalue weighted by molar-refractivity contribution is 5.68. The standard InChI is InChI=1S/C5H9FN2O2/c1-10-4(9)8-5(6)2-7-3-5/h7H,2-3H2,1H3,(H,8,9). The summed E-state index contributed by atoms with van der Waals surface area (Å²) in [7, 11) is 1.20. The molecule has 5 heteroatoms. The van der Waals surface area contributed by atoms with E-state index in [9.17, 15) is 9.18 Å². The van der Waals surface area contributed by atoms with Crippen molar-refractivity contribution in [1.29, 1.82) is 0 Å². The average molecular weight is 148 g/mol. The van der Waals surface area contributed by atoms with Gasteiger partial charge in [0.25, 0.3) is 0 Å². The van der Waals surface area contributed by atoms with Crippen LogP contribution in [-0.2, 0) is 4.74 Å². The molecule has 1 fully saturated rings. The predicted molar refractivity (Wildman–Crippen MR) is 32.2 cm³/mol. The Labute approximate surface area is 57.7 Å². The van der Waals surface area contributed by atoms with Gasteiger partial charge in [0, 0.05) is 0 Å². The van der Waals surface area contributed by atoms with Gasteiger partial charge in [0.1, 0.15) is 0 Å². The zero-order valence-electron chi connectivity index (χ0n) is 5.61. The molecule has 10 heavy (non-hydrogen) atoms. The number of methoxy groups -OCH3 is 1. The topological polar surface area (TPSA) is 50.4 Å². The Balaban J connectivity index is 2.29. The van der Waals surface area contributed by atoms with Crippen molar-refractivity contribution in [2.45, 2.75) is 5.79 Å². The maximum Gasteiger partial charge on any atom is 0.409 e. The lowest BCUT2D eigenvalue weighted by atomic mass is 10.1. The summed E-state index contributed by atoms with van der Waals surface area (Å²) < 4.78 is 17.1. The highest BCUT2D eigenvalue weighted by Gasteiger charge is 2.38. The lowest BCUT2D eigenvalue weighted by molar-refractivity contribution is 0.0472. The van der Waals surface area contributed by atoms with Crippen LogP contribution in [0.2, 0.25) is 0 Å². The Hall–Kier alpha value is -0.840. The van der Waals surface area contributed by atoms with Crippen LogP contribution >= 0.6 is 0 Å². The van der Waals surface area contributed by atoms with Gasteiger partial charge in [0.2, 0.25) is 5.79 Å². The van der Waals surface area contributed by atoms with Crippen LogP contribution in [-0.4, -0.2) is 32.1 Å². The average Bonchev–Trinajstić information content (AvgIpc) is 1.84. The first-order valence-corrected chi connectivity index (χ1v) is 2.92. The Morgan fingerprint density at radius 2 is 2.40 bits per heavy atom. The van der Waals surface area contributed by atoms with E-state index in [0.29, 0.717) is 0 Å². The highest BCUT2D eigenvalue weighted by Crippen LogP contribution is 2.11. The van der Waals surface area contributed by atoms with E-state index < -0.39 is 11.9 Å². The number of rotatable bonds is 1. The molecule has 1 amide bonds. The third-order valence-corrected chi connectivity index (χ3v) is 1.32. The maximum absolute atomic E-state index is 12.9. The quantitative estimate of drug-likeness (QED) is 0.498. The summed E-state index contributed by atoms with van der Waals surface area (Å²) in [5, 5.41) is 4.74. The molecule has 0 aromatic rings. The fourth-order valence-electron chi connectivity index (χ4n) is 0.667. The van der Waals surface area contributed by atoms with Crippen molar-refractivity contribution in [3.05, 3.63) is 0 Å². The van der Waals surface area contributed by atoms with Crippen LogP contribution in [0, 0.1) is 0 Å². The number of hydrogen-bond donors (Lipinski definition) is 2. The molecule has 4 nitrogen and oxygen atoms in total. The van der Waals surface area contributed by atoms with Crippen LogP contribution in [0.5, 0.6) is 0 Å². The van der Waals surface area contributed by atoms with Gasteiger partial charge in [-0.05, 0) is 0 Å². The first kappa shape index (κ1) is 7.27. The summed E-state index contributed by atoms with van der Waals surface area (Å²) in [6.45, 7) is 0.310. The molecule has 0 bridgehead atoms. The predicted octanol–water partition coefficient (Wildman–Crippen LogP) is -0.389. The summed E-state index contributed by atoms with van der Waals surface area (Å²) in [5.41, 5.74) is 0. The number of carbonyl (C=O) groups is 1. The molecule has 0 aromatic carbocycles. The fraction of sp³-hybridized carbons (Fsp3) is 0.800. The summed E-state index contributed by atoms with van der Waals surface area (Å²) in [6, 6.07) is 0. The molecule has 1 rings (SSSR count). The van der Waals surface area contributed by atoms with E-state index in [1.807, 2.05) is 0 Å². The molecule has 0 spiro atoms. The number of ether oxygens (including phenoxy) is 1. The summed E-state index contributed by atoms with van der Waals surface area (Å²) in [5.74, 6) is -1.59. The number of alkyl halides is 1. The van der Waals surface area contributed by atoms with Crippen LogP contribution in [0.1, 0.15) is 0 Å². The molecule has 0 unspecified atom stereocenters. The second-order valence-corrected chi connectivity index (χ2v) is 2.19. The van der Waals surface area contributed by atoms with Crippen molar-refractivity contribution in [3.8, 4) is 0 Å². The largest absolute Gasteiger partial charge is 0.453 e. The highest BCUT2D eigenvalue weighted by atomic mass is 19.1. The van der Waals surface area contributed by atoms with E-state index in [1.54, 1.807) is 0 Å². The first-order chi connectivity index (χ1) is 4.66. The van der Waals surface area contributed by atoms with E-state index in [1.165, 1.54) is 7.11 Å². The molecule has 2 N–H and O–H groups in total. The van der Waals surface area contributed by atoms with Crippen molar-refractivity contribution >= 4 is 6.09 Å². The molecule has 0 radical (unpaired) electrons. The molecule has 1 aliphatic rings. The minimum absolute atomic E-state index is 0.155. The summed E-state index contributed by atoms with van der Waals surface area (Å²) in [6.07, 6.45) is -0.732. The maximum atomic E-state index is 12.9. The number of hydrogen-bond acceptors (Lipinski definition) is 3. The van der Waals surface area contributed by atoms with Crippen LogP contribution in [0.3, 0.4) is 0 Å². The molecule has 0 aromatic heterocycles. The van der Waals surface area contributed by atoms with E-state index in [0.717, 1.165) is 0 Å². The van der Waals surface area contributed by atoms with E-state index in [2.05, 4.69) is 15.4 Å². The number of carbonyl (C=O) groups excluding carboxylic acids is 1. The third-order valence-electron chi connectivity index (χ3n) is 1.32. The van der Waals surface area contributed by atoms with Gasteiger partial charge in [0.15, 0.2) is 0 Å². The summed E-state index contributed by atoms with van der Waals surface area (Å²) >= 11 is 0. The molecule has 1 aliphatic heterocycles. The number of nitrogens with one attached hydrogen (secondary N) is 2. The Morgan fingerprint density at radius 3 is 2.70 bits per heavy atom. The molecule has 0 aliphatic carbocycles. The van der Waals surface area contributed by atoms with Gasteiger partial charge in [-0.15, -0.1) is 0 Å². The number of alkyl carbamates (subject to hydrolysis) is 1. The van der Waals surface area contributed by atoms with Gasteiger partial charge in [-0.3, -0.25) is 5.32 Å². The third kappa shape index (κ3) is 1.36. The Morgan fingerprint density at radius 1 is 1.80 bits per heavy atom. The molecule has 1 saturated heterocycles. The smallest absolute Gasteiger partial charge is 0.409 e. The van der Waals surface area contributed by atoms with Crippen LogP contribution in [0.15, 0.2) is 0 Å². The Bertz CT molecular complexity index is 147. The monoisotopic (exact) mass is 148 g/mol. The van der Waals surface area contributed by atoms with E-state index in [-0.39, 0.29) is 13.1 Å². The number of amides is 1. The molecular formula is C5H9FN2O2. The SMILES string of the molecule is COC(=O)NC1(F)CNC1. The van der Waals surface area contributed by atoms with Crippen molar-refractivity contribution in [2.75, 3.05) is 20.2 Å². The zero-order valence-corrected chi connectivity index (χ0v) is 5.61. The lowest BCUT2D eigenvalue weighted by Crippen LogP contribution is -2.66. The summed E-state index contributed by atoms with van der Waals surface area (Å²) in [4.78, 5) is 10.4. The van der Waals surface area contributed by atoms with Gasteiger partial charge in [-0.25, -0.2) is 9.18 Å². The van der Waals surface area contributed by atoms with Crippen molar-refractivity contribution in [3.63, 3.8) is 0 Å². The van der Waals surface area contributed by atoms with E-state index in [4.69, 9.17) is 0 Å². The van der Waals surface area contributed by atoms with Crippen molar-refractivity contribution < 1.29 is 13.9 Å². The van der Waals surface area contributed by atoms with Gasteiger partial charge in [-0.1, -0.05) is 0 Å². The van der Waals surface area contributed by atoms with Crippen LogP contribution < -0.4 is 10.6 Å². The van der Waals surface area contributed by atoms with Crippen molar-refractivity contribution in [2.24, 2.45) is 0 Å². The molecular weight excluding hydrogens is 139 g/mol. The minimum atomic E-state index is -1.59.